The number of carbonyl (C=O) groups is 1. The van der Waals surface area contributed by atoms with Gasteiger partial charge < -0.3 is 21.1 Å². The molecule has 0 unspecified atom stereocenters. The number of nitrogen functional groups attached to an aromatic ring is 1. The second kappa shape index (κ2) is 6.30. The van der Waals surface area contributed by atoms with Gasteiger partial charge in [0.15, 0.2) is 0 Å². The second-order valence-electron chi connectivity index (χ2n) is 3.92. The Hall–Kier alpha value is -2.69. The van der Waals surface area contributed by atoms with Gasteiger partial charge in [0.2, 0.25) is 0 Å². The predicted octanol–water partition coefficient (Wildman–Crippen LogP) is 2.37. The maximum absolute atomic E-state index is 10.4. The molecule has 5 heteroatoms. The van der Waals surface area contributed by atoms with Crippen molar-refractivity contribution in [3.63, 3.8) is 0 Å². The van der Waals surface area contributed by atoms with Crippen LogP contribution in [0.2, 0.25) is 0 Å². The largest absolute Gasteiger partial charge is 0.508 e. The fraction of sp³-hybridized carbons (Fsp3) is 0.0714. The molecule has 0 spiro atoms. The first-order chi connectivity index (χ1) is 8.90. The molecule has 0 radical (unpaired) electrons. The van der Waals surface area contributed by atoms with E-state index in [2.05, 4.69) is 0 Å². The highest BCUT2D eigenvalue weighted by molar-refractivity contribution is 5.91. The molecule has 0 saturated heterocycles. The van der Waals surface area contributed by atoms with Gasteiger partial charge in [-0.15, -0.1) is 0 Å². The van der Waals surface area contributed by atoms with Crippen molar-refractivity contribution in [3.8, 4) is 11.5 Å². The number of phenolic OH excluding ortho intramolecular Hbond substituents is 1. The number of benzene rings is 2. The standard InChI is InChI=1S/C7H7NO3.C7H8O/c8-4-1-2-6(9)5(3-4)7(10)11;1-6-2-4-7(8)5-3-6/h1-3,9H,8H2,(H,10,11);2-5,8H,1H3. The summed E-state index contributed by atoms with van der Waals surface area (Å²) in [6.45, 7) is 1.99. The highest BCUT2D eigenvalue weighted by Crippen LogP contribution is 2.18. The first-order valence-electron chi connectivity index (χ1n) is 5.47. The average molecular weight is 261 g/mol. The van der Waals surface area contributed by atoms with Crippen LogP contribution in [0.4, 0.5) is 5.69 Å². The second-order valence-corrected chi connectivity index (χ2v) is 3.92. The fourth-order valence-electron chi connectivity index (χ4n) is 1.27. The quantitative estimate of drug-likeness (QED) is 0.466. The Balaban J connectivity index is 0.000000200. The van der Waals surface area contributed by atoms with Crippen molar-refractivity contribution in [1.82, 2.24) is 0 Å². The molecule has 100 valence electrons. The first kappa shape index (κ1) is 14.4. The number of phenols is 2. The topological polar surface area (TPSA) is 104 Å². The molecule has 2 aromatic rings. The maximum atomic E-state index is 10.4. The summed E-state index contributed by atoms with van der Waals surface area (Å²) < 4.78 is 0. The molecule has 0 saturated carbocycles. The van der Waals surface area contributed by atoms with Crippen LogP contribution in [0.5, 0.6) is 11.5 Å². The van der Waals surface area contributed by atoms with Gasteiger partial charge in [0.25, 0.3) is 0 Å². The molecule has 0 aromatic heterocycles. The Kier molecular flexibility index (Phi) is 4.76. The Morgan fingerprint density at radius 3 is 2.05 bits per heavy atom. The van der Waals surface area contributed by atoms with E-state index in [1.807, 2.05) is 19.1 Å². The number of aromatic hydroxyl groups is 2. The highest BCUT2D eigenvalue weighted by Gasteiger charge is 2.08. The summed E-state index contributed by atoms with van der Waals surface area (Å²) in [5.41, 5.74) is 6.60. The highest BCUT2D eigenvalue weighted by atomic mass is 16.4. The summed E-state index contributed by atoms with van der Waals surface area (Å²) in [6.07, 6.45) is 0. The van der Waals surface area contributed by atoms with Crippen molar-refractivity contribution in [3.05, 3.63) is 53.6 Å². The normalized spacial score (nSPS) is 9.32. The van der Waals surface area contributed by atoms with Gasteiger partial charge in [-0.25, -0.2) is 4.79 Å². The number of anilines is 1. The zero-order chi connectivity index (χ0) is 14.4. The summed E-state index contributed by atoms with van der Waals surface area (Å²) in [6, 6.07) is 11.0. The smallest absolute Gasteiger partial charge is 0.339 e. The zero-order valence-electron chi connectivity index (χ0n) is 10.4. The van der Waals surface area contributed by atoms with Gasteiger partial charge in [-0.05, 0) is 37.3 Å². The Morgan fingerprint density at radius 1 is 1.05 bits per heavy atom. The van der Waals surface area contributed by atoms with E-state index in [1.165, 1.54) is 23.8 Å². The third-order valence-electron chi connectivity index (χ3n) is 2.28. The molecular weight excluding hydrogens is 246 g/mol. The molecule has 0 fully saturated rings. The van der Waals surface area contributed by atoms with Crippen molar-refractivity contribution in [2.45, 2.75) is 6.92 Å². The van der Waals surface area contributed by atoms with E-state index in [0.29, 0.717) is 11.4 Å². The summed E-state index contributed by atoms with van der Waals surface area (Å²) in [5.74, 6) is -1.13. The molecule has 2 aromatic carbocycles. The Bertz CT molecular complexity index is 543. The third kappa shape index (κ3) is 4.59. The molecule has 0 bridgehead atoms. The Labute approximate surface area is 110 Å². The van der Waals surface area contributed by atoms with E-state index in [9.17, 15) is 4.79 Å². The zero-order valence-corrected chi connectivity index (χ0v) is 10.4. The lowest BCUT2D eigenvalue weighted by atomic mass is 10.2. The van der Waals surface area contributed by atoms with Crippen molar-refractivity contribution < 1.29 is 20.1 Å². The van der Waals surface area contributed by atoms with Crippen LogP contribution in [0.15, 0.2) is 42.5 Å². The van der Waals surface area contributed by atoms with Crippen LogP contribution in [-0.4, -0.2) is 21.3 Å². The molecule has 0 aliphatic rings. The monoisotopic (exact) mass is 261 g/mol. The number of aromatic carboxylic acids is 1. The molecule has 5 N–H and O–H groups in total. The van der Waals surface area contributed by atoms with Gasteiger partial charge in [0, 0.05) is 5.69 Å². The van der Waals surface area contributed by atoms with Crippen molar-refractivity contribution >= 4 is 11.7 Å². The molecule has 5 nitrogen and oxygen atoms in total. The fourth-order valence-corrected chi connectivity index (χ4v) is 1.27. The SMILES string of the molecule is Cc1ccc(O)cc1.Nc1ccc(O)c(C(=O)O)c1. The number of hydrogen-bond acceptors (Lipinski definition) is 4. The van der Waals surface area contributed by atoms with Crippen molar-refractivity contribution in [1.29, 1.82) is 0 Å². The lowest BCUT2D eigenvalue weighted by Gasteiger charge is -1.98. The average Bonchev–Trinajstić information content (AvgIpc) is 2.36. The van der Waals surface area contributed by atoms with Gasteiger partial charge in [0.05, 0.1) is 0 Å². The molecular formula is C14H15NO4. The van der Waals surface area contributed by atoms with Crippen LogP contribution in [-0.2, 0) is 0 Å². The summed E-state index contributed by atoms with van der Waals surface area (Å²) in [5, 5.41) is 26.2. The van der Waals surface area contributed by atoms with E-state index >= 15 is 0 Å². The van der Waals surface area contributed by atoms with Gasteiger partial charge in [-0.2, -0.15) is 0 Å². The lowest BCUT2D eigenvalue weighted by Crippen LogP contribution is -1.97. The van der Waals surface area contributed by atoms with Crippen molar-refractivity contribution in [2.24, 2.45) is 0 Å². The lowest BCUT2D eigenvalue weighted by molar-refractivity contribution is 0.0694. The number of aryl methyl sites for hydroxylation is 1. The number of carboxylic acid groups (broad SMARTS) is 1. The molecule has 0 atom stereocenters. The number of rotatable bonds is 1. The van der Waals surface area contributed by atoms with Crippen LogP contribution in [0, 0.1) is 6.92 Å². The molecule has 0 amide bonds. The van der Waals surface area contributed by atoms with Gasteiger partial charge in [0.1, 0.15) is 17.1 Å². The number of carboxylic acids is 1. The van der Waals surface area contributed by atoms with E-state index < -0.39 is 5.97 Å². The van der Waals surface area contributed by atoms with E-state index in [0.717, 1.165) is 0 Å². The molecule has 0 heterocycles. The summed E-state index contributed by atoms with van der Waals surface area (Å²) in [7, 11) is 0. The van der Waals surface area contributed by atoms with Crippen molar-refractivity contribution in [2.75, 3.05) is 5.73 Å². The van der Waals surface area contributed by atoms with E-state index in [-0.39, 0.29) is 11.3 Å². The Morgan fingerprint density at radius 2 is 1.63 bits per heavy atom. The van der Waals surface area contributed by atoms with Gasteiger partial charge >= 0.3 is 5.97 Å². The van der Waals surface area contributed by atoms with Crippen LogP contribution < -0.4 is 5.73 Å². The van der Waals surface area contributed by atoms with Crippen LogP contribution >= 0.6 is 0 Å². The minimum absolute atomic E-state index is 0.176. The first-order valence-corrected chi connectivity index (χ1v) is 5.47. The van der Waals surface area contributed by atoms with Gasteiger partial charge in [-0.3, -0.25) is 0 Å². The van der Waals surface area contributed by atoms with E-state index in [1.54, 1.807) is 12.1 Å². The maximum Gasteiger partial charge on any atom is 0.339 e. The summed E-state index contributed by atoms with van der Waals surface area (Å²) >= 11 is 0. The van der Waals surface area contributed by atoms with Gasteiger partial charge in [-0.1, -0.05) is 17.7 Å². The number of hydrogen-bond donors (Lipinski definition) is 4. The number of nitrogens with two attached hydrogens (primary N) is 1. The minimum Gasteiger partial charge on any atom is -0.508 e. The van der Waals surface area contributed by atoms with E-state index in [4.69, 9.17) is 21.1 Å². The minimum atomic E-state index is -1.19. The third-order valence-corrected chi connectivity index (χ3v) is 2.28. The summed E-state index contributed by atoms with van der Waals surface area (Å²) in [4.78, 5) is 10.4. The molecule has 19 heavy (non-hydrogen) atoms. The predicted molar refractivity (Wildman–Crippen MR) is 72.3 cm³/mol. The van der Waals surface area contributed by atoms with Crippen LogP contribution in [0.3, 0.4) is 0 Å². The molecule has 0 aliphatic carbocycles. The molecule has 0 aliphatic heterocycles. The van der Waals surface area contributed by atoms with Crippen LogP contribution in [0.25, 0.3) is 0 Å². The van der Waals surface area contributed by atoms with Crippen LogP contribution in [0.1, 0.15) is 15.9 Å². The molecule has 2 rings (SSSR count).